The Balaban J connectivity index is 1.94. The molecule has 1 nitrogen and oxygen atoms in total. The van der Waals surface area contributed by atoms with Crippen molar-refractivity contribution in [2.75, 3.05) is 17.3 Å². The standard InChI is InChI=1S/C6H9NS3/c1-4-7-5(8-1)2-10-6(7)3-9-4/h4-6H,1-3H2/t4-,5-,6-/m0/s1. The Morgan fingerprint density at radius 2 is 1.20 bits per heavy atom. The average molecular weight is 191 g/mol. The van der Waals surface area contributed by atoms with E-state index in [0.717, 1.165) is 16.1 Å². The highest BCUT2D eigenvalue weighted by Crippen LogP contribution is 2.50. The predicted molar refractivity (Wildman–Crippen MR) is 50.6 cm³/mol. The predicted octanol–water partition coefficient (Wildman–Crippen LogP) is 1.51. The number of hydrogen-bond acceptors (Lipinski definition) is 4. The molecule has 3 saturated heterocycles. The van der Waals surface area contributed by atoms with Crippen LogP contribution in [0.1, 0.15) is 0 Å². The molecule has 0 aromatic heterocycles. The number of thioether (sulfide) groups is 3. The highest BCUT2D eigenvalue weighted by Gasteiger charge is 2.48. The third kappa shape index (κ3) is 0.737. The van der Waals surface area contributed by atoms with Crippen LogP contribution in [0.3, 0.4) is 0 Å². The normalized spacial score (nSPS) is 52.2. The van der Waals surface area contributed by atoms with Crippen LogP contribution in [-0.2, 0) is 0 Å². The largest absolute Gasteiger partial charge is 0.265 e. The molecule has 0 saturated carbocycles. The molecule has 0 bridgehead atoms. The van der Waals surface area contributed by atoms with Crippen molar-refractivity contribution in [2.24, 2.45) is 0 Å². The summed E-state index contributed by atoms with van der Waals surface area (Å²) in [7, 11) is 0. The molecule has 56 valence electrons. The van der Waals surface area contributed by atoms with Crippen LogP contribution in [0.15, 0.2) is 0 Å². The van der Waals surface area contributed by atoms with Crippen molar-refractivity contribution in [1.29, 1.82) is 0 Å². The van der Waals surface area contributed by atoms with E-state index >= 15 is 0 Å². The molecule has 3 atom stereocenters. The molecule has 0 aromatic carbocycles. The van der Waals surface area contributed by atoms with Crippen molar-refractivity contribution in [2.45, 2.75) is 16.1 Å². The fourth-order valence-corrected chi connectivity index (χ4v) is 6.96. The number of rotatable bonds is 0. The second kappa shape index (κ2) is 2.25. The molecule has 0 aliphatic carbocycles. The molecular weight excluding hydrogens is 182 g/mol. The van der Waals surface area contributed by atoms with Gasteiger partial charge in [0.25, 0.3) is 0 Å². The summed E-state index contributed by atoms with van der Waals surface area (Å²) in [5.41, 5.74) is 0. The molecule has 3 aliphatic rings. The van der Waals surface area contributed by atoms with Gasteiger partial charge in [0.1, 0.15) is 0 Å². The Kier molecular flexibility index (Phi) is 1.47. The van der Waals surface area contributed by atoms with Gasteiger partial charge in [0.15, 0.2) is 0 Å². The fraction of sp³-hybridized carbons (Fsp3) is 1.00. The van der Waals surface area contributed by atoms with Crippen LogP contribution in [0.4, 0.5) is 0 Å². The zero-order valence-electron chi connectivity index (χ0n) is 5.53. The molecule has 10 heavy (non-hydrogen) atoms. The van der Waals surface area contributed by atoms with Crippen LogP contribution in [-0.4, -0.2) is 38.3 Å². The van der Waals surface area contributed by atoms with Crippen LogP contribution in [0.25, 0.3) is 0 Å². The van der Waals surface area contributed by atoms with Crippen molar-refractivity contribution in [1.82, 2.24) is 4.90 Å². The van der Waals surface area contributed by atoms with Gasteiger partial charge in [-0.3, -0.25) is 4.90 Å². The van der Waals surface area contributed by atoms with Crippen molar-refractivity contribution in [3.05, 3.63) is 0 Å². The minimum Gasteiger partial charge on any atom is -0.265 e. The van der Waals surface area contributed by atoms with E-state index in [0.29, 0.717) is 0 Å². The Hall–Kier alpha value is 1.01. The molecule has 3 aliphatic heterocycles. The molecule has 3 fully saturated rings. The van der Waals surface area contributed by atoms with E-state index in [1.807, 2.05) is 0 Å². The Labute approximate surface area is 73.7 Å². The lowest BCUT2D eigenvalue weighted by Crippen LogP contribution is -2.30. The van der Waals surface area contributed by atoms with Crippen molar-refractivity contribution in [3.8, 4) is 0 Å². The first-order valence-electron chi connectivity index (χ1n) is 3.57. The molecule has 0 unspecified atom stereocenters. The van der Waals surface area contributed by atoms with Crippen LogP contribution < -0.4 is 0 Å². The van der Waals surface area contributed by atoms with Crippen molar-refractivity contribution in [3.63, 3.8) is 0 Å². The second-order valence-corrected chi connectivity index (χ2v) is 6.44. The van der Waals surface area contributed by atoms with E-state index < -0.39 is 0 Å². The smallest absolute Gasteiger partial charge is 0.0670 e. The fourth-order valence-electron chi connectivity index (χ4n) is 1.80. The average Bonchev–Trinajstić information content (AvgIpc) is 2.56. The zero-order valence-corrected chi connectivity index (χ0v) is 7.97. The van der Waals surface area contributed by atoms with Crippen molar-refractivity contribution < 1.29 is 0 Å². The van der Waals surface area contributed by atoms with Crippen LogP contribution in [0.5, 0.6) is 0 Å². The molecule has 3 heterocycles. The minimum atomic E-state index is 0.884. The van der Waals surface area contributed by atoms with Gasteiger partial charge in [-0.25, -0.2) is 0 Å². The number of nitrogens with zero attached hydrogens (tertiary/aromatic N) is 1. The van der Waals surface area contributed by atoms with Crippen LogP contribution in [0.2, 0.25) is 0 Å². The maximum absolute atomic E-state index is 2.72. The lowest BCUT2D eigenvalue weighted by molar-refractivity contribution is 0.311. The topological polar surface area (TPSA) is 3.24 Å². The van der Waals surface area contributed by atoms with Gasteiger partial charge in [-0.1, -0.05) is 0 Å². The maximum atomic E-state index is 2.72. The first kappa shape index (κ1) is 6.52. The van der Waals surface area contributed by atoms with Crippen LogP contribution >= 0.6 is 35.3 Å². The van der Waals surface area contributed by atoms with Crippen LogP contribution in [0, 0.1) is 0 Å². The quantitative estimate of drug-likeness (QED) is 0.570. The van der Waals surface area contributed by atoms with Gasteiger partial charge < -0.3 is 0 Å². The maximum Gasteiger partial charge on any atom is 0.0670 e. The second-order valence-electron chi connectivity index (χ2n) is 2.81. The van der Waals surface area contributed by atoms with E-state index in [1.54, 1.807) is 0 Å². The zero-order chi connectivity index (χ0) is 6.55. The molecule has 0 radical (unpaired) electrons. The molecule has 3 rings (SSSR count). The first-order valence-corrected chi connectivity index (χ1v) is 6.72. The summed E-state index contributed by atoms with van der Waals surface area (Å²) in [4.78, 5) is 2.72. The van der Waals surface area contributed by atoms with Crippen molar-refractivity contribution >= 4 is 35.3 Å². The lowest BCUT2D eigenvalue weighted by Gasteiger charge is -2.16. The van der Waals surface area contributed by atoms with E-state index in [4.69, 9.17) is 0 Å². The summed E-state index contributed by atoms with van der Waals surface area (Å²) in [6.45, 7) is 0. The summed E-state index contributed by atoms with van der Waals surface area (Å²) < 4.78 is 0. The monoisotopic (exact) mass is 191 g/mol. The number of hydrogen-bond donors (Lipinski definition) is 0. The van der Waals surface area contributed by atoms with Gasteiger partial charge in [-0.05, 0) is 0 Å². The van der Waals surface area contributed by atoms with E-state index in [9.17, 15) is 0 Å². The van der Waals surface area contributed by atoms with E-state index in [-0.39, 0.29) is 0 Å². The molecule has 0 N–H and O–H groups in total. The Morgan fingerprint density at radius 3 is 1.60 bits per heavy atom. The first-order chi connectivity index (χ1) is 4.95. The van der Waals surface area contributed by atoms with Gasteiger partial charge in [-0.2, -0.15) is 0 Å². The van der Waals surface area contributed by atoms with Gasteiger partial charge in [0.05, 0.1) is 16.1 Å². The molecule has 4 heteroatoms. The van der Waals surface area contributed by atoms with Gasteiger partial charge >= 0.3 is 0 Å². The SMILES string of the molecule is C1S[C@H]2CS[C@H]3CS[C@@H]1N32. The summed E-state index contributed by atoms with van der Waals surface area (Å²) >= 11 is 6.48. The summed E-state index contributed by atoms with van der Waals surface area (Å²) in [6.07, 6.45) is 0. The summed E-state index contributed by atoms with van der Waals surface area (Å²) in [6, 6.07) is 0. The van der Waals surface area contributed by atoms with Gasteiger partial charge in [-0.15, -0.1) is 35.3 Å². The highest BCUT2D eigenvalue weighted by atomic mass is 32.2. The van der Waals surface area contributed by atoms with E-state index in [1.165, 1.54) is 17.3 Å². The molecule has 0 amide bonds. The minimum absolute atomic E-state index is 0.884. The Morgan fingerprint density at radius 1 is 0.800 bits per heavy atom. The summed E-state index contributed by atoms with van der Waals surface area (Å²) in [5.74, 6) is 4.14. The summed E-state index contributed by atoms with van der Waals surface area (Å²) in [5, 5.41) is 2.65. The lowest BCUT2D eigenvalue weighted by atomic mass is 10.5. The molecule has 0 aromatic rings. The van der Waals surface area contributed by atoms with Gasteiger partial charge in [0.2, 0.25) is 0 Å². The Bertz CT molecular complexity index is 123. The van der Waals surface area contributed by atoms with E-state index in [2.05, 4.69) is 40.2 Å². The van der Waals surface area contributed by atoms with Gasteiger partial charge in [0, 0.05) is 17.3 Å². The molecule has 0 spiro atoms. The third-order valence-electron chi connectivity index (χ3n) is 2.29. The highest BCUT2D eigenvalue weighted by molar-refractivity contribution is 8.08. The third-order valence-corrected chi connectivity index (χ3v) is 6.83. The molecular formula is C6H9NS3.